The van der Waals surface area contributed by atoms with Crippen LogP contribution in [0.2, 0.25) is 0 Å². The molecule has 0 bridgehead atoms. The van der Waals surface area contributed by atoms with E-state index < -0.39 is 6.04 Å². The van der Waals surface area contributed by atoms with Crippen molar-refractivity contribution in [3.05, 3.63) is 69.5 Å². The van der Waals surface area contributed by atoms with Crippen LogP contribution in [0.4, 0.5) is 5.69 Å². The highest BCUT2D eigenvalue weighted by Gasteiger charge is 2.26. The second kappa shape index (κ2) is 9.48. The maximum absolute atomic E-state index is 13.3. The first kappa shape index (κ1) is 22.6. The lowest BCUT2D eigenvalue weighted by atomic mass is 9.89. The van der Waals surface area contributed by atoms with Crippen LogP contribution < -0.4 is 20.3 Å². The van der Waals surface area contributed by atoms with E-state index in [-0.39, 0.29) is 11.5 Å². The van der Waals surface area contributed by atoms with Gasteiger partial charge in [0.25, 0.3) is 5.56 Å². The Morgan fingerprint density at radius 1 is 1.03 bits per heavy atom. The van der Waals surface area contributed by atoms with Crippen molar-refractivity contribution in [1.82, 2.24) is 9.78 Å². The number of aryl methyl sites for hydroxylation is 1. The van der Waals surface area contributed by atoms with Crippen LogP contribution in [0.1, 0.15) is 42.5 Å². The molecule has 4 rings (SSSR count). The fourth-order valence-corrected chi connectivity index (χ4v) is 4.21. The summed E-state index contributed by atoms with van der Waals surface area (Å²) in [7, 11) is 3.09. The number of hydrogen-bond acceptors (Lipinski definition) is 5. The van der Waals surface area contributed by atoms with Gasteiger partial charge >= 0.3 is 0 Å². The molecule has 1 unspecified atom stereocenters. The van der Waals surface area contributed by atoms with Crippen molar-refractivity contribution in [1.29, 1.82) is 0 Å². The van der Waals surface area contributed by atoms with Gasteiger partial charge in [-0.25, -0.2) is 4.68 Å². The number of anilines is 1. The summed E-state index contributed by atoms with van der Waals surface area (Å²) in [6, 6.07) is 12.5. The summed E-state index contributed by atoms with van der Waals surface area (Å²) in [5.74, 6) is 0.743. The highest BCUT2D eigenvalue weighted by Crippen LogP contribution is 2.31. The molecule has 1 aliphatic rings. The van der Waals surface area contributed by atoms with Gasteiger partial charge in [0, 0.05) is 17.2 Å². The number of hydrogen-bond donors (Lipinski definition) is 1. The number of nitrogens with one attached hydrogen (secondary N) is 1. The monoisotopic (exact) mass is 447 g/mol. The van der Waals surface area contributed by atoms with Crippen molar-refractivity contribution in [2.75, 3.05) is 19.5 Å². The Morgan fingerprint density at radius 2 is 1.73 bits per heavy atom. The van der Waals surface area contributed by atoms with Crippen LogP contribution in [0.15, 0.2) is 47.3 Å². The fraction of sp³-hybridized carbons (Fsp3) is 0.346. The Kier molecular flexibility index (Phi) is 6.49. The summed E-state index contributed by atoms with van der Waals surface area (Å²) in [6.07, 6.45) is 3.52. The number of ether oxygens (including phenoxy) is 2. The predicted molar refractivity (Wildman–Crippen MR) is 128 cm³/mol. The van der Waals surface area contributed by atoms with Crippen molar-refractivity contribution in [3.8, 4) is 22.8 Å². The van der Waals surface area contributed by atoms with E-state index in [9.17, 15) is 9.59 Å². The second-order valence-corrected chi connectivity index (χ2v) is 8.36. The van der Waals surface area contributed by atoms with Crippen LogP contribution in [0.25, 0.3) is 11.3 Å². The van der Waals surface area contributed by atoms with E-state index in [2.05, 4.69) is 5.32 Å². The normalized spacial score (nSPS) is 13.7. The third-order valence-corrected chi connectivity index (χ3v) is 6.17. The van der Waals surface area contributed by atoms with Crippen LogP contribution in [-0.4, -0.2) is 29.9 Å². The molecule has 33 heavy (non-hydrogen) atoms. The Bertz CT molecular complexity index is 1230. The molecule has 2 aromatic carbocycles. The average molecular weight is 448 g/mol. The van der Waals surface area contributed by atoms with E-state index in [1.165, 1.54) is 11.8 Å². The molecule has 172 valence electrons. The van der Waals surface area contributed by atoms with E-state index >= 15 is 0 Å². The molecular weight excluding hydrogens is 418 g/mol. The Balaban J connectivity index is 1.72. The standard InChI is InChI=1S/C26H29N3O4/c1-16-9-11-18(12-10-16)24-20-7-5-6-8-21(20)26(31)29(28-24)17(2)25(30)27-22-14-13-19(32-3)15-23(22)33-4/h9-15,17H,5-8H2,1-4H3,(H,27,30). The fourth-order valence-electron chi connectivity index (χ4n) is 4.21. The second-order valence-electron chi connectivity index (χ2n) is 8.36. The van der Waals surface area contributed by atoms with Crippen LogP contribution >= 0.6 is 0 Å². The largest absolute Gasteiger partial charge is 0.497 e. The first-order valence-electron chi connectivity index (χ1n) is 11.2. The van der Waals surface area contributed by atoms with Crippen molar-refractivity contribution in [2.24, 2.45) is 0 Å². The number of methoxy groups -OCH3 is 2. The first-order valence-corrected chi connectivity index (χ1v) is 11.2. The Hall–Kier alpha value is -3.61. The van der Waals surface area contributed by atoms with Crippen molar-refractivity contribution in [2.45, 2.75) is 45.6 Å². The third kappa shape index (κ3) is 4.49. The number of nitrogens with zero attached hydrogens (tertiary/aromatic N) is 2. The van der Waals surface area contributed by atoms with Gasteiger partial charge in [0.1, 0.15) is 17.5 Å². The molecule has 0 aliphatic heterocycles. The zero-order chi connectivity index (χ0) is 23.5. The van der Waals surface area contributed by atoms with Crippen molar-refractivity contribution >= 4 is 11.6 Å². The number of carbonyl (C=O) groups is 1. The van der Waals surface area contributed by atoms with Gasteiger partial charge in [-0.05, 0) is 57.2 Å². The molecule has 7 heteroatoms. The van der Waals surface area contributed by atoms with Gasteiger partial charge in [-0.3, -0.25) is 9.59 Å². The maximum Gasteiger partial charge on any atom is 0.271 e. The molecule has 3 aromatic rings. The quantitative estimate of drug-likeness (QED) is 0.609. The molecule has 1 N–H and O–H groups in total. The Labute approximate surface area is 193 Å². The summed E-state index contributed by atoms with van der Waals surface area (Å²) in [5, 5.41) is 7.58. The van der Waals surface area contributed by atoms with Gasteiger partial charge in [-0.1, -0.05) is 29.8 Å². The van der Waals surface area contributed by atoms with E-state index in [0.717, 1.165) is 47.2 Å². The summed E-state index contributed by atoms with van der Waals surface area (Å²) < 4.78 is 11.9. The summed E-state index contributed by atoms with van der Waals surface area (Å²) in [4.78, 5) is 26.5. The molecule has 1 aromatic heterocycles. The van der Waals surface area contributed by atoms with Crippen LogP contribution in [-0.2, 0) is 17.6 Å². The maximum atomic E-state index is 13.3. The average Bonchev–Trinajstić information content (AvgIpc) is 2.85. The van der Waals surface area contributed by atoms with E-state index in [1.807, 2.05) is 31.2 Å². The number of fused-ring (bicyclic) bond motifs is 1. The van der Waals surface area contributed by atoms with Gasteiger partial charge < -0.3 is 14.8 Å². The molecule has 1 amide bonds. The SMILES string of the molecule is COc1ccc(NC(=O)C(C)n2nc(-c3ccc(C)cc3)c3c(c2=O)CCCC3)c(OC)c1. The number of aromatic nitrogens is 2. The summed E-state index contributed by atoms with van der Waals surface area (Å²) in [5.41, 5.74) is 4.99. The van der Waals surface area contributed by atoms with Gasteiger partial charge in [0.15, 0.2) is 0 Å². The Morgan fingerprint density at radius 3 is 2.39 bits per heavy atom. The summed E-state index contributed by atoms with van der Waals surface area (Å²) in [6.45, 7) is 3.72. The zero-order valence-corrected chi connectivity index (χ0v) is 19.5. The van der Waals surface area contributed by atoms with E-state index in [4.69, 9.17) is 14.6 Å². The minimum absolute atomic E-state index is 0.190. The lowest BCUT2D eigenvalue weighted by Crippen LogP contribution is -2.37. The van der Waals surface area contributed by atoms with Gasteiger partial charge in [0.2, 0.25) is 5.91 Å². The molecular formula is C26H29N3O4. The van der Waals surface area contributed by atoms with Crippen molar-refractivity contribution < 1.29 is 14.3 Å². The molecule has 0 fully saturated rings. The molecule has 1 aliphatic carbocycles. The minimum atomic E-state index is -0.805. The smallest absolute Gasteiger partial charge is 0.271 e. The molecule has 0 radical (unpaired) electrons. The molecule has 1 heterocycles. The van der Waals surface area contributed by atoms with Gasteiger partial charge in [0.05, 0.1) is 25.6 Å². The minimum Gasteiger partial charge on any atom is -0.497 e. The zero-order valence-electron chi connectivity index (χ0n) is 19.5. The van der Waals surface area contributed by atoms with Crippen molar-refractivity contribution in [3.63, 3.8) is 0 Å². The van der Waals surface area contributed by atoms with Gasteiger partial charge in [-0.2, -0.15) is 5.10 Å². The summed E-state index contributed by atoms with van der Waals surface area (Å²) >= 11 is 0. The number of amides is 1. The predicted octanol–water partition coefficient (Wildman–Crippen LogP) is 4.31. The number of rotatable bonds is 6. The molecule has 0 spiro atoms. The lowest BCUT2D eigenvalue weighted by Gasteiger charge is -2.23. The van der Waals surface area contributed by atoms with Gasteiger partial charge in [-0.15, -0.1) is 0 Å². The van der Waals surface area contributed by atoms with Crippen LogP contribution in [0.3, 0.4) is 0 Å². The topological polar surface area (TPSA) is 82.5 Å². The number of benzene rings is 2. The molecule has 7 nitrogen and oxygen atoms in total. The van der Waals surface area contributed by atoms with Crippen LogP contribution in [0, 0.1) is 6.92 Å². The molecule has 0 saturated carbocycles. The number of carbonyl (C=O) groups excluding carboxylic acids is 1. The lowest BCUT2D eigenvalue weighted by molar-refractivity contribution is -0.119. The highest BCUT2D eigenvalue weighted by molar-refractivity contribution is 5.95. The molecule has 1 atom stereocenters. The van der Waals surface area contributed by atoms with E-state index in [0.29, 0.717) is 23.6 Å². The first-order chi connectivity index (χ1) is 15.9. The third-order valence-electron chi connectivity index (χ3n) is 6.17. The molecule has 0 saturated heterocycles. The van der Waals surface area contributed by atoms with Crippen LogP contribution in [0.5, 0.6) is 11.5 Å². The highest BCUT2D eigenvalue weighted by atomic mass is 16.5. The van der Waals surface area contributed by atoms with E-state index in [1.54, 1.807) is 32.2 Å².